The summed E-state index contributed by atoms with van der Waals surface area (Å²) in [5, 5.41) is 2.96. The number of rotatable bonds is 5. The molecule has 1 amide bonds. The van der Waals surface area contributed by atoms with Gasteiger partial charge in [-0.2, -0.15) is 0 Å². The highest BCUT2D eigenvalue weighted by Gasteiger charge is 2.12. The summed E-state index contributed by atoms with van der Waals surface area (Å²) in [7, 11) is 0. The largest absolute Gasteiger partial charge is 0.350 e. The molecule has 94 valence electrons. The lowest BCUT2D eigenvalue weighted by Gasteiger charge is -2.14. The van der Waals surface area contributed by atoms with E-state index in [9.17, 15) is 4.79 Å². The van der Waals surface area contributed by atoms with Gasteiger partial charge in [-0.1, -0.05) is 6.07 Å². The van der Waals surface area contributed by atoms with Crippen molar-refractivity contribution in [3.8, 4) is 0 Å². The molecule has 0 heterocycles. The van der Waals surface area contributed by atoms with E-state index in [0.717, 1.165) is 22.9 Å². The highest BCUT2D eigenvalue weighted by molar-refractivity contribution is 9.10. The molecule has 2 nitrogen and oxygen atoms in total. The van der Waals surface area contributed by atoms with E-state index in [4.69, 9.17) is 11.6 Å². The van der Waals surface area contributed by atoms with Crippen LogP contribution in [-0.4, -0.2) is 17.8 Å². The number of alkyl halides is 1. The minimum Gasteiger partial charge on any atom is -0.350 e. The molecule has 1 unspecified atom stereocenters. The van der Waals surface area contributed by atoms with E-state index in [1.54, 1.807) is 0 Å². The molecule has 0 radical (unpaired) electrons. The number of hydrogen-bond acceptors (Lipinski definition) is 1. The van der Waals surface area contributed by atoms with Gasteiger partial charge in [0.1, 0.15) is 0 Å². The zero-order valence-electron chi connectivity index (χ0n) is 10.1. The zero-order valence-corrected chi connectivity index (χ0v) is 12.4. The molecule has 0 aromatic heterocycles. The molecule has 0 bridgehead atoms. The van der Waals surface area contributed by atoms with Crippen LogP contribution < -0.4 is 5.32 Å². The summed E-state index contributed by atoms with van der Waals surface area (Å²) in [6.45, 7) is 3.99. The van der Waals surface area contributed by atoms with Gasteiger partial charge in [-0.25, -0.2) is 0 Å². The Morgan fingerprint density at radius 2 is 2.24 bits per heavy atom. The zero-order chi connectivity index (χ0) is 12.8. The fourth-order valence-corrected chi connectivity index (χ4v) is 2.39. The molecule has 1 rings (SSSR count). The van der Waals surface area contributed by atoms with Crippen LogP contribution in [0.1, 0.15) is 35.7 Å². The Balaban J connectivity index is 2.63. The van der Waals surface area contributed by atoms with Gasteiger partial charge in [0.05, 0.1) is 5.56 Å². The summed E-state index contributed by atoms with van der Waals surface area (Å²) in [5.41, 5.74) is 1.80. The second-order valence-corrected chi connectivity index (χ2v) is 5.42. The maximum atomic E-state index is 12.0. The van der Waals surface area contributed by atoms with Crippen LogP contribution in [0.25, 0.3) is 0 Å². The van der Waals surface area contributed by atoms with Gasteiger partial charge in [0.25, 0.3) is 5.91 Å². The van der Waals surface area contributed by atoms with Crippen molar-refractivity contribution in [3.63, 3.8) is 0 Å². The fourth-order valence-electron chi connectivity index (χ4n) is 1.56. The van der Waals surface area contributed by atoms with Gasteiger partial charge in [-0.3, -0.25) is 4.79 Å². The molecule has 17 heavy (non-hydrogen) atoms. The van der Waals surface area contributed by atoms with Crippen molar-refractivity contribution in [1.29, 1.82) is 0 Å². The van der Waals surface area contributed by atoms with Gasteiger partial charge < -0.3 is 5.32 Å². The Bertz CT molecular complexity index is 395. The summed E-state index contributed by atoms with van der Waals surface area (Å²) >= 11 is 9.03. The third kappa shape index (κ3) is 4.68. The summed E-state index contributed by atoms with van der Waals surface area (Å²) in [5.74, 6) is 0.591. The summed E-state index contributed by atoms with van der Waals surface area (Å²) < 4.78 is 0.833. The predicted molar refractivity (Wildman–Crippen MR) is 75.8 cm³/mol. The maximum Gasteiger partial charge on any atom is 0.252 e. The van der Waals surface area contributed by atoms with Crippen molar-refractivity contribution in [3.05, 3.63) is 33.8 Å². The van der Waals surface area contributed by atoms with Crippen molar-refractivity contribution in [2.45, 2.75) is 32.7 Å². The first kappa shape index (κ1) is 14.5. The highest BCUT2D eigenvalue weighted by Crippen LogP contribution is 2.18. The molecule has 1 aromatic carbocycles. The lowest BCUT2D eigenvalue weighted by atomic mass is 10.1. The van der Waals surface area contributed by atoms with Crippen LogP contribution in [-0.2, 0) is 0 Å². The van der Waals surface area contributed by atoms with E-state index in [-0.39, 0.29) is 11.9 Å². The minimum absolute atomic E-state index is 0.0426. The van der Waals surface area contributed by atoms with Crippen molar-refractivity contribution < 1.29 is 4.79 Å². The van der Waals surface area contributed by atoms with E-state index < -0.39 is 0 Å². The fraction of sp³-hybridized carbons (Fsp3) is 0.462. The monoisotopic (exact) mass is 317 g/mol. The number of aryl methyl sites for hydroxylation is 1. The molecule has 0 spiro atoms. The first-order valence-electron chi connectivity index (χ1n) is 5.67. The number of carbonyl (C=O) groups excluding carboxylic acids is 1. The molecular weight excluding hydrogens is 302 g/mol. The number of carbonyl (C=O) groups is 1. The highest BCUT2D eigenvalue weighted by atomic mass is 79.9. The average Bonchev–Trinajstić information content (AvgIpc) is 2.26. The quantitative estimate of drug-likeness (QED) is 0.820. The average molecular weight is 319 g/mol. The SMILES string of the molecule is Cc1ccc(C(=O)NC(C)CCCCl)c(Br)c1. The van der Waals surface area contributed by atoms with Gasteiger partial charge in [-0.15, -0.1) is 11.6 Å². The van der Waals surface area contributed by atoms with Crippen LogP contribution in [0.3, 0.4) is 0 Å². The Morgan fingerprint density at radius 1 is 1.53 bits per heavy atom. The maximum absolute atomic E-state index is 12.0. The first-order valence-corrected chi connectivity index (χ1v) is 7.00. The van der Waals surface area contributed by atoms with E-state index in [1.165, 1.54) is 0 Å². The molecule has 1 atom stereocenters. The molecular formula is C13H17BrClNO. The number of halogens is 2. The molecule has 1 aromatic rings. The van der Waals surface area contributed by atoms with E-state index >= 15 is 0 Å². The molecule has 0 saturated heterocycles. The van der Waals surface area contributed by atoms with Crippen LogP contribution >= 0.6 is 27.5 Å². The second kappa shape index (κ2) is 7.02. The topological polar surface area (TPSA) is 29.1 Å². The lowest BCUT2D eigenvalue weighted by Crippen LogP contribution is -2.32. The van der Waals surface area contributed by atoms with Crippen molar-refractivity contribution in [1.82, 2.24) is 5.32 Å². The van der Waals surface area contributed by atoms with Gasteiger partial charge in [0.2, 0.25) is 0 Å². The summed E-state index contributed by atoms with van der Waals surface area (Å²) in [6.07, 6.45) is 1.82. The lowest BCUT2D eigenvalue weighted by molar-refractivity contribution is 0.0937. The van der Waals surface area contributed by atoms with Crippen LogP contribution in [0.4, 0.5) is 0 Å². The molecule has 0 aliphatic heterocycles. The normalized spacial score (nSPS) is 12.2. The molecule has 0 saturated carbocycles. The third-order valence-corrected chi connectivity index (χ3v) is 3.44. The molecule has 0 fully saturated rings. The number of nitrogens with one attached hydrogen (secondary N) is 1. The Morgan fingerprint density at radius 3 is 2.82 bits per heavy atom. The molecule has 0 aliphatic carbocycles. The van der Waals surface area contributed by atoms with Gasteiger partial charge in [0.15, 0.2) is 0 Å². The van der Waals surface area contributed by atoms with E-state index in [0.29, 0.717) is 11.4 Å². The van der Waals surface area contributed by atoms with Crippen LogP contribution in [0.15, 0.2) is 22.7 Å². The predicted octanol–water partition coefficient (Wildman–Crippen LogP) is 3.89. The summed E-state index contributed by atoms with van der Waals surface area (Å²) in [4.78, 5) is 12.0. The molecule has 0 aliphatic rings. The number of hydrogen-bond donors (Lipinski definition) is 1. The van der Waals surface area contributed by atoms with Crippen molar-refractivity contribution >= 4 is 33.4 Å². The van der Waals surface area contributed by atoms with Crippen molar-refractivity contribution in [2.75, 3.05) is 5.88 Å². The van der Waals surface area contributed by atoms with Crippen LogP contribution in [0, 0.1) is 6.92 Å². The van der Waals surface area contributed by atoms with Gasteiger partial charge in [0, 0.05) is 16.4 Å². The molecule has 4 heteroatoms. The summed E-state index contributed by atoms with van der Waals surface area (Å²) in [6, 6.07) is 5.86. The Labute approximate surface area is 116 Å². The smallest absolute Gasteiger partial charge is 0.252 e. The Hall–Kier alpha value is -0.540. The first-order chi connectivity index (χ1) is 8.04. The Kier molecular flexibility index (Phi) is 6.00. The van der Waals surface area contributed by atoms with E-state index in [2.05, 4.69) is 21.2 Å². The van der Waals surface area contributed by atoms with Gasteiger partial charge >= 0.3 is 0 Å². The van der Waals surface area contributed by atoms with Crippen LogP contribution in [0.5, 0.6) is 0 Å². The second-order valence-electron chi connectivity index (χ2n) is 4.19. The van der Waals surface area contributed by atoms with Gasteiger partial charge in [-0.05, 0) is 60.3 Å². The third-order valence-electron chi connectivity index (χ3n) is 2.52. The number of amides is 1. The van der Waals surface area contributed by atoms with E-state index in [1.807, 2.05) is 32.0 Å². The van der Waals surface area contributed by atoms with Crippen LogP contribution in [0.2, 0.25) is 0 Å². The van der Waals surface area contributed by atoms with Crippen molar-refractivity contribution in [2.24, 2.45) is 0 Å². The number of benzene rings is 1. The minimum atomic E-state index is -0.0426. The standard InChI is InChI=1S/C13H17BrClNO/c1-9-5-6-11(12(14)8-9)13(17)16-10(2)4-3-7-15/h5-6,8,10H,3-4,7H2,1-2H3,(H,16,17). The molecule has 1 N–H and O–H groups in total.